The van der Waals surface area contributed by atoms with Crippen molar-refractivity contribution in [1.29, 1.82) is 0 Å². The van der Waals surface area contributed by atoms with Crippen LogP contribution < -0.4 is 5.32 Å². The van der Waals surface area contributed by atoms with Gasteiger partial charge in [0.05, 0.1) is 5.69 Å². The van der Waals surface area contributed by atoms with E-state index in [1.165, 1.54) is 31.5 Å². The summed E-state index contributed by atoms with van der Waals surface area (Å²) in [6.45, 7) is 3.99. The lowest BCUT2D eigenvalue weighted by Gasteiger charge is -2.37. The smallest absolute Gasteiger partial charge is 0.270 e. The fourth-order valence-electron chi connectivity index (χ4n) is 6.27. The monoisotopic (exact) mass is 364 g/mol. The first-order valence-electron chi connectivity index (χ1n) is 10.3. The van der Waals surface area contributed by atoms with E-state index in [1.54, 1.807) is 0 Å². The van der Waals surface area contributed by atoms with Crippen LogP contribution in [0.1, 0.15) is 66.2 Å². The third kappa shape index (κ3) is 2.97. The molecule has 5 heteroatoms. The van der Waals surface area contributed by atoms with Gasteiger partial charge in [-0.3, -0.25) is 4.79 Å². The van der Waals surface area contributed by atoms with Crippen LogP contribution in [0.4, 0.5) is 0 Å². The zero-order valence-electron chi connectivity index (χ0n) is 16.2. The SMILES string of the molecule is Cc1cccc(C(=O)NC2CC3CC4CC(c5nc(C)c[nH]5)(C3)CC4C2)n1. The van der Waals surface area contributed by atoms with Gasteiger partial charge in [-0.2, -0.15) is 0 Å². The van der Waals surface area contributed by atoms with Crippen molar-refractivity contribution < 1.29 is 4.79 Å². The normalized spacial score (nSPS) is 34.4. The zero-order valence-corrected chi connectivity index (χ0v) is 16.2. The molecule has 0 aliphatic heterocycles. The van der Waals surface area contributed by atoms with Crippen molar-refractivity contribution in [2.24, 2.45) is 17.8 Å². The number of aromatic nitrogens is 3. The quantitative estimate of drug-likeness (QED) is 0.873. The number of nitrogens with one attached hydrogen (secondary N) is 2. The summed E-state index contributed by atoms with van der Waals surface area (Å²) in [4.78, 5) is 25.4. The second-order valence-corrected chi connectivity index (χ2v) is 9.21. The molecule has 5 unspecified atom stereocenters. The van der Waals surface area contributed by atoms with Gasteiger partial charge in [-0.05, 0) is 82.3 Å². The summed E-state index contributed by atoms with van der Waals surface area (Å²) in [7, 11) is 0. The van der Waals surface area contributed by atoms with Crippen LogP contribution in [0, 0.1) is 31.6 Å². The molecule has 5 atom stereocenters. The Hall–Kier alpha value is -2.17. The maximum atomic E-state index is 12.7. The van der Waals surface area contributed by atoms with E-state index >= 15 is 0 Å². The first-order valence-corrected chi connectivity index (χ1v) is 10.3. The van der Waals surface area contributed by atoms with Crippen LogP contribution in [-0.4, -0.2) is 26.9 Å². The largest absolute Gasteiger partial charge is 0.348 e. The van der Waals surface area contributed by atoms with E-state index in [-0.39, 0.29) is 17.4 Å². The Kier molecular flexibility index (Phi) is 3.88. The number of pyridine rings is 1. The Morgan fingerprint density at radius 2 is 1.89 bits per heavy atom. The highest BCUT2D eigenvalue weighted by atomic mass is 16.1. The molecule has 2 aromatic rings. The molecule has 0 saturated heterocycles. The number of rotatable bonds is 3. The fraction of sp³-hybridized carbons (Fsp3) is 0.591. The molecular weight excluding hydrogens is 336 g/mol. The molecule has 142 valence electrons. The molecule has 1 amide bonds. The van der Waals surface area contributed by atoms with E-state index in [0.29, 0.717) is 17.5 Å². The highest BCUT2D eigenvalue weighted by molar-refractivity contribution is 5.92. The van der Waals surface area contributed by atoms with E-state index in [9.17, 15) is 4.79 Å². The highest BCUT2D eigenvalue weighted by Crippen LogP contribution is 2.60. The van der Waals surface area contributed by atoms with Crippen LogP contribution in [-0.2, 0) is 5.41 Å². The number of aryl methyl sites for hydroxylation is 2. The maximum absolute atomic E-state index is 12.7. The molecule has 5 rings (SSSR count). The molecule has 3 aliphatic carbocycles. The summed E-state index contributed by atoms with van der Waals surface area (Å²) < 4.78 is 0. The van der Waals surface area contributed by atoms with Crippen LogP contribution in [0.25, 0.3) is 0 Å². The topological polar surface area (TPSA) is 70.7 Å². The summed E-state index contributed by atoms with van der Waals surface area (Å²) in [5.41, 5.74) is 2.77. The van der Waals surface area contributed by atoms with Gasteiger partial charge in [0.15, 0.2) is 0 Å². The minimum Gasteiger partial charge on any atom is -0.348 e. The van der Waals surface area contributed by atoms with Gasteiger partial charge in [-0.15, -0.1) is 0 Å². The van der Waals surface area contributed by atoms with Gasteiger partial charge < -0.3 is 10.3 Å². The van der Waals surface area contributed by atoms with Crippen molar-refractivity contribution in [1.82, 2.24) is 20.3 Å². The minimum absolute atomic E-state index is 0.0209. The van der Waals surface area contributed by atoms with Gasteiger partial charge in [-0.25, -0.2) is 9.97 Å². The number of hydrogen-bond acceptors (Lipinski definition) is 3. The van der Waals surface area contributed by atoms with E-state index in [1.807, 2.05) is 31.3 Å². The van der Waals surface area contributed by atoms with Gasteiger partial charge in [0.25, 0.3) is 5.91 Å². The van der Waals surface area contributed by atoms with Crippen molar-refractivity contribution in [2.45, 2.75) is 63.8 Å². The Morgan fingerprint density at radius 1 is 1.07 bits per heavy atom. The molecule has 0 radical (unpaired) electrons. The predicted octanol–water partition coefficient (Wildman–Crippen LogP) is 3.69. The van der Waals surface area contributed by atoms with E-state index < -0.39 is 0 Å². The zero-order chi connectivity index (χ0) is 18.6. The molecule has 2 N–H and O–H groups in total. The van der Waals surface area contributed by atoms with Gasteiger partial charge in [0.1, 0.15) is 11.5 Å². The fourth-order valence-corrected chi connectivity index (χ4v) is 6.27. The molecule has 5 nitrogen and oxygen atoms in total. The number of carbonyl (C=O) groups is 1. The lowest BCUT2D eigenvalue weighted by Crippen LogP contribution is -2.40. The van der Waals surface area contributed by atoms with Crippen molar-refractivity contribution in [3.8, 4) is 0 Å². The summed E-state index contributed by atoms with van der Waals surface area (Å²) in [6.07, 6.45) is 9.24. The first-order chi connectivity index (χ1) is 13.0. The van der Waals surface area contributed by atoms with Crippen molar-refractivity contribution in [3.63, 3.8) is 0 Å². The second kappa shape index (κ2) is 6.18. The van der Waals surface area contributed by atoms with Crippen molar-refractivity contribution in [2.75, 3.05) is 0 Å². The second-order valence-electron chi connectivity index (χ2n) is 9.21. The van der Waals surface area contributed by atoms with Crippen molar-refractivity contribution >= 4 is 5.91 Å². The molecule has 0 aromatic carbocycles. The Morgan fingerprint density at radius 3 is 2.63 bits per heavy atom. The van der Waals surface area contributed by atoms with Crippen LogP contribution >= 0.6 is 0 Å². The molecule has 3 bridgehead atoms. The van der Waals surface area contributed by atoms with E-state index in [4.69, 9.17) is 4.98 Å². The number of amides is 1. The average molecular weight is 364 g/mol. The molecule has 0 spiro atoms. The van der Waals surface area contributed by atoms with Gasteiger partial charge in [-0.1, -0.05) is 6.07 Å². The molecule has 3 fully saturated rings. The molecule has 27 heavy (non-hydrogen) atoms. The Balaban J connectivity index is 1.33. The summed E-state index contributed by atoms with van der Waals surface area (Å²) in [6, 6.07) is 5.92. The first kappa shape index (κ1) is 17.0. The van der Waals surface area contributed by atoms with Crippen LogP contribution in [0.2, 0.25) is 0 Å². The van der Waals surface area contributed by atoms with Crippen LogP contribution in [0.15, 0.2) is 24.4 Å². The lowest BCUT2D eigenvalue weighted by molar-refractivity contribution is 0.0916. The Bertz CT molecular complexity index is 871. The third-order valence-corrected chi connectivity index (χ3v) is 7.16. The van der Waals surface area contributed by atoms with Gasteiger partial charge in [0, 0.05) is 23.3 Å². The number of aromatic amines is 1. The molecule has 2 aromatic heterocycles. The Labute approximate surface area is 160 Å². The average Bonchev–Trinajstić information content (AvgIpc) is 3.13. The lowest BCUT2D eigenvalue weighted by atomic mass is 9.69. The number of imidazole rings is 1. The van der Waals surface area contributed by atoms with Gasteiger partial charge in [0.2, 0.25) is 0 Å². The predicted molar refractivity (Wildman–Crippen MR) is 103 cm³/mol. The number of carbonyl (C=O) groups excluding carboxylic acids is 1. The minimum atomic E-state index is -0.0209. The molecule has 3 saturated carbocycles. The molecule has 2 heterocycles. The summed E-state index contributed by atoms with van der Waals surface area (Å²) >= 11 is 0. The maximum Gasteiger partial charge on any atom is 0.270 e. The highest BCUT2D eigenvalue weighted by Gasteiger charge is 2.55. The summed E-state index contributed by atoms with van der Waals surface area (Å²) in [5.74, 6) is 3.35. The van der Waals surface area contributed by atoms with E-state index in [0.717, 1.165) is 30.1 Å². The molecule has 3 aliphatic rings. The van der Waals surface area contributed by atoms with Crippen molar-refractivity contribution in [3.05, 3.63) is 47.3 Å². The number of nitrogens with zero attached hydrogens (tertiary/aromatic N) is 2. The number of H-pyrrole nitrogens is 1. The van der Waals surface area contributed by atoms with Gasteiger partial charge >= 0.3 is 0 Å². The number of hydrogen-bond donors (Lipinski definition) is 2. The van der Waals surface area contributed by atoms with E-state index in [2.05, 4.69) is 22.2 Å². The molecular formula is C22H28N4O. The standard InChI is InChI=1S/C22H28N4O/c1-13-4-3-5-19(24-13)20(27)26-18-7-15-6-16-10-22(9-15,11-17(16)8-18)21-23-12-14(2)25-21/h3-5,12,15-18H,6-11H2,1-2H3,(H,23,25)(H,26,27). The van der Waals surface area contributed by atoms with Crippen LogP contribution in [0.5, 0.6) is 0 Å². The number of fused-ring (bicyclic) bond motifs is 2. The third-order valence-electron chi connectivity index (χ3n) is 7.16. The summed E-state index contributed by atoms with van der Waals surface area (Å²) in [5, 5.41) is 3.30. The van der Waals surface area contributed by atoms with Crippen LogP contribution in [0.3, 0.4) is 0 Å².